The highest BCUT2D eigenvalue weighted by Crippen LogP contribution is 2.40. The van der Waals surface area contributed by atoms with E-state index in [1.165, 1.54) is 0 Å². The minimum atomic E-state index is -0.619. The third-order valence-corrected chi connectivity index (χ3v) is 2.71. The molecule has 2 rings (SSSR count). The lowest BCUT2D eigenvalue weighted by molar-refractivity contribution is -0.0345. The first-order valence-electron chi connectivity index (χ1n) is 5.09. The largest absolute Gasteiger partial charge is 0.485 e. The van der Waals surface area contributed by atoms with Crippen molar-refractivity contribution in [2.75, 3.05) is 13.2 Å². The Morgan fingerprint density at radius 1 is 1.27 bits per heavy atom. The molecule has 3 nitrogen and oxygen atoms in total. The van der Waals surface area contributed by atoms with E-state index in [-0.39, 0.29) is 6.61 Å². The highest BCUT2D eigenvalue weighted by atomic mass is 16.6. The topological polar surface area (TPSA) is 38.7 Å². The van der Waals surface area contributed by atoms with Gasteiger partial charge in [0.2, 0.25) is 0 Å². The number of fused-ring (bicyclic) bond motifs is 1. The smallest absolute Gasteiger partial charge is 0.165 e. The second-order valence-corrected chi connectivity index (χ2v) is 4.36. The number of hydrogen-bond donors (Lipinski definition) is 1. The zero-order valence-electron chi connectivity index (χ0n) is 9.33. The fourth-order valence-corrected chi connectivity index (χ4v) is 1.64. The normalized spacial score (nSPS) is 24.0. The van der Waals surface area contributed by atoms with Crippen LogP contribution < -0.4 is 9.47 Å². The summed E-state index contributed by atoms with van der Waals surface area (Å²) in [6.45, 7) is 6.16. The molecule has 3 heteroatoms. The van der Waals surface area contributed by atoms with Gasteiger partial charge in [-0.15, -0.1) is 0 Å². The number of rotatable bonds is 1. The Labute approximate surface area is 89.6 Å². The summed E-state index contributed by atoms with van der Waals surface area (Å²) in [6.07, 6.45) is 0. The van der Waals surface area contributed by atoms with Gasteiger partial charge < -0.3 is 14.6 Å². The molecule has 1 aromatic rings. The maximum Gasteiger partial charge on any atom is 0.165 e. The van der Waals surface area contributed by atoms with Crippen molar-refractivity contribution in [3.05, 3.63) is 23.3 Å². The van der Waals surface area contributed by atoms with Gasteiger partial charge in [0.15, 0.2) is 17.1 Å². The molecule has 1 N–H and O–H groups in total. The van der Waals surface area contributed by atoms with Crippen LogP contribution >= 0.6 is 0 Å². The van der Waals surface area contributed by atoms with Gasteiger partial charge in [0.1, 0.15) is 6.61 Å². The number of aliphatic hydroxyl groups excluding tert-OH is 1. The van der Waals surface area contributed by atoms with Crippen LogP contribution in [-0.2, 0) is 0 Å². The third-order valence-electron chi connectivity index (χ3n) is 2.71. The van der Waals surface area contributed by atoms with Crippen molar-refractivity contribution < 1.29 is 14.6 Å². The molecule has 82 valence electrons. The second kappa shape index (κ2) is 3.42. The van der Waals surface area contributed by atoms with E-state index < -0.39 is 5.60 Å². The first kappa shape index (κ1) is 10.3. The van der Waals surface area contributed by atoms with Crippen LogP contribution in [0.4, 0.5) is 0 Å². The average molecular weight is 208 g/mol. The lowest BCUT2D eigenvalue weighted by Crippen LogP contribution is -2.45. The van der Waals surface area contributed by atoms with E-state index in [1.807, 2.05) is 32.9 Å². The van der Waals surface area contributed by atoms with E-state index in [4.69, 9.17) is 9.47 Å². The Hall–Kier alpha value is -1.22. The van der Waals surface area contributed by atoms with Crippen LogP contribution in [0.1, 0.15) is 18.1 Å². The summed E-state index contributed by atoms with van der Waals surface area (Å²) in [5, 5.41) is 9.23. The number of hydrogen-bond acceptors (Lipinski definition) is 3. The van der Waals surface area contributed by atoms with Crippen molar-refractivity contribution in [3.63, 3.8) is 0 Å². The molecule has 0 spiro atoms. The maximum absolute atomic E-state index is 9.23. The molecule has 15 heavy (non-hydrogen) atoms. The molecule has 0 bridgehead atoms. The first-order chi connectivity index (χ1) is 7.06. The number of aliphatic hydroxyl groups is 1. The second-order valence-electron chi connectivity index (χ2n) is 4.36. The van der Waals surface area contributed by atoms with Crippen LogP contribution in [0.3, 0.4) is 0 Å². The van der Waals surface area contributed by atoms with E-state index in [0.29, 0.717) is 6.61 Å². The van der Waals surface area contributed by atoms with Crippen LogP contribution in [0.25, 0.3) is 0 Å². The zero-order valence-corrected chi connectivity index (χ0v) is 9.33. The molecule has 0 saturated heterocycles. The van der Waals surface area contributed by atoms with Gasteiger partial charge in [-0.1, -0.05) is 12.1 Å². The summed E-state index contributed by atoms with van der Waals surface area (Å²) in [4.78, 5) is 0. The third kappa shape index (κ3) is 1.67. The van der Waals surface area contributed by atoms with Crippen LogP contribution in [0.2, 0.25) is 0 Å². The van der Waals surface area contributed by atoms with Crippen molar-refractivity contribution >= 4 is 0 Å². The number of ether oxygens (including phenoxy) is 2. The average Bonchev–Trinajstić information content (AvgIpc) is 2.24. The van der Waals surface area contributed by atoms with Gasteiger partial charge in [0, 0.05) is 0 Å². The van der Waals surface area contributed by atoms with Crippen LogP contribution in [0.5, 0.6) is 11.5 Å². The molecule has 1 heterocycles. The minimum absolute atomic E-state index is 0.0418. The van der Waals surface area contributed by atoms with Gasteiger partial charge in [-0.3, -0.25) is 0 Å². The van der Waals surface area contributed by atoms with Crippen molar-refractivity contribution in [1.82, 2.24) is 0 Å². The highest BCUT2D eigenvalue weighted by Gasteiger charge is 2.33. The maximum atomic E-state index is 9.23. The molecular weight excluding hydrogens is 192 g/mol. The van der Waals surface area contributed by atoms with Crippen LogP contribution in [-0.4, -0.2) is 23.9 Å². The predicted octanol–water partition coefficient (Wildman–Crippen LogP) is 1.83. The predicted molar refractivity (Wildman–Crippen MR) is 57.5 cm³/mol. The molecule has 1 aromatic carbocycles. The van der Waals surface area contributed by atoms with Gasteiger partial charge in [-0.2, -0.15) is 0 Å². The summed E-state index contributed by atoms with van der Waals surface area (Å²) in [7, 11) is 0. The minimum Gasteiger partial charge on any atom is -0.485 e. The van der Waals surface area contributed by atoms with E-state index in [0.717, 1.165) is 22.6 Å². The van der Waals surface area contributed by atoms with Crippen LogP contribution in [0, 0.1) is 13.8 Å². The molecule has 1 aliphatic rings. The van der Waals surface area contributed by atoms with Gasteiger partial charge in [-0.25, -0.2) is 0 Å². The van der Waals surface area contributed by atoms with E-state index in [9.17, 15) is 5.11 Å². The van der Waals surface area contributed by atoms with Crippen molar-refractivity contribution in [2.45, 2.75) is 26.4 Å². The molecule has 0 fully saturated rings. The molecule has 1 atom stereocenters. The van der Waals surface area contributed by atoms with E-state index >= 15 is 0 Å². The standard InChI is InChI=1S/C12H16O3/c1-8-4-5-9(2)11-10(8)14-7-12(3,6-13)15-11/h4-5,13H,6-7H2,1-3H3. The molecule has 0 aliphatic carbocycles. The fraction of sp³-hybridized carbons (Fsp3) is 0.500. The van der Waals surface area contributed by atoms with Crippen LogP contribution in [0.15, 0.2) is 12.1 Å². The van der Waals surface area contributed by atoms with Gasteiger partial charge >= 0.3 is 0 Å². The number of benzene rings is 1. The Morgan fingerprint density at radius 3 is 2.47 bits per heavy atom. The molecule has 0 aromatic heterocycles. The highest BCUT2D eigenvalue weighted by molar-refractivity contribution is 5.52. The molecule has 1 unspecified atom stereocenters. The quantitative estimate of drug-likeness (QED) is 0.765. The SMILES string of the molecule is Cc1ccc(C)c2c1OCC(C)(CO)O2. The summed E-state index contributed by atoms with van der Waals surface area (Å²) in [5.74, 6) is 1.57. The van der Waals surface area contributed by atoms with Gasteiger partial charge in [-0.05, 0) is 31.9 Å². The zero-order chi connectivity index (χ0) is 11.1. The molecular formula is C12H16O3. The molecule has 0 saturated carbocycles. The molecule has 1 aliphatic heterocycles. The number of aryl methyl sites for hydroxylation is 2. The van der Waals surface area contributed by atoms with Gasteiger partial charge in [0.25, 0.3) is 0 Å². The lowest BCUT2D eigenvalue weighted by atomic mass is 10.1. The Morgan fingerprint density at radius 2 is 1.87 bits per heavy atom. The summed E-state index contributed by atoms with van der Waals surface area (Å²) in [6, 6.07) is 4.01. The summed E-state index contributed by atoms with van der Waals surface area (Å²) in [5.41, 5.74) is 1.48. The van der Waals surface area contributed by atoms with Crippen molar-refractivity contribution in [3.8, 4) is 11.5 Å². The lowest BCUT2D eigenvalue weighted by Gasteiger charge is -2.35. The summed E-state index contributed by atoms with van der Waals surface area (Å²) < 4.78 is 11.5. The van der Waals surface area contributed by atoms with Crippen molar-refractivity contribution in [1.29, 1.82) is 0 Å². The Kier molecular flexibility index (Phi) is 2.35. The Balaban J connectivity index is 2.45. The van der Waals surface area contributed by atoms with E-state index in [1.54, 1.807) is 0 Å². The van der Waals surface area contributed by atoms with E-state index in [2.05, 4.69) is 0 Å². The molecule has 0 amide bonds. The van der Waals surface area contributed by atoms with Gasteiger partial charge in [0.05, 0.1) is 6.61 Å². The summed E-state index contributed by atoms with van der Waals surface area (Å²) >= 11 is 0. The van der Waals surface area contributed by atoms with Crippen molar-refractivity contribution in [2.24, 2.45) is 0 Å². The first-order valence-corrected chi connectivity index (χ1v) is 5.09. The fourth-order valence-electron chi connectivity index (χ4n) is 1.64. The Bertz CT molecular complexity index is 387. The molecule has 0 radical (unpaired) electrons. The monoisotopic (exact) mass is 208 g/mol.